The molecular formula is C15H12ClN3O2. The summed E-state index contributed by atoms with van der Waals surface area (Å²) >= 11 is 5.96. The fourth-order valence-corrected chi connectivity index (χ4v) is 2.25. The molecule has 0 aliphatic rings. The predicted molar refractivity (Wildman–Crippen MR) is 82.2 cm³/mol. The van der Waals surface area contributed by atoms with E-state index >= 15 is 0 Å². The number of nitrogens with one attached hydrogen (secondary N) is 2. The summed E-state index contributed by atoms with van der Waals surface area (Å²) in [4.78, 5) is 11.6. The van der Waals surface area contributed by atoms with Crippen molar-refractivity contribution in [3.05, 3.63) is 53.1 Å². The number of anilines is 2. The summed E-state index contributed by atoms with van der Waals surface area (Å²) in [6, 6.07) is 12.5. The number of carbonyl (C=O) groups is 1. The minimum absolute atomic E-state index is 0.383. The van der Waals surface area contributed by atoms with Gasteiger partial charge in [0.25, 0.3) is 0 Å². The van der Waals surface area contributed by atoms with Crippen molar-refractivity contribution in [2.24, 2.45) is 0 Å². The normalized spacial score (nSPS) is 10.6. The molecule has 0 aliphatic carbocycles. The van der Waals surface area contributed by atoms with E-state index in [0.29, 0.717) is 16.4 Å². The number of carbonyl (C=O) groups excluding carboxylic acids is 1. The molecule has 0 unspecified atom stereocenters. The average molecular weight is 302 g/mol. The Morgan fingerprint density at radius 1 is 1.29 bits per heavy atom. The van der Waals surface area contributed by atoms with Gasteiger partial charge in [-0.25, -0.2) is 4.79 Å². The maximum atomic E-state index is 11.6. The number of aromatic amines is 1. The van der Waals surface area contributed by atoms with Crippen LogP contribution in [0.3, 0.4) is 0 Å². The van der Waals surface area contributed by atoms with Gasteiger partial charge in [-0.3, -0.25) is 5.10 Å². The van der Waals surface area contributed by atoms with Crippen molar-refractivity contribution >= 4 is 40.0 Å². The summed E-state index contributed by atoms with van der Waals surface area (Å²) in [6.45, 7) is 0. The summed E-state index contributed by atoms with van der Waals surface area (Å²) in [5.41, 5.74) is 2.12. The molecule has 0 fully saturated rings. The highest BCUT2D eigenvalue weighted by Crippen LogP contribution is 2.26. The van der Waals surface area contributed by atoms with Crippen LogP contribution in [-0.4, -0.2) is 23.3 Å². The molecule has 0 spiro atoms. The summed E-state index contributed by atoms with van der Waals surface area (Å²) < 4.78 is 4.73. The van der Waals surface area contributed by atoms with Crippen molar-refractivity contribution in [1.82, 2.24) is 10.2 Å². The molecule has 1 heterocycles. The second-order valence-electron chi connectivity index (χ2n) is 4.46. The number of esters is 1. The molecule has 0 amide bonds. The molecule has 2 aromatic carbocycles. The second-order valence-corrected chi connectivity index (χ2v) is 4.90. The minimum atomic E-state index is -0.383. The van der Waals surface area contributed by atoms with Crippen molar-refractivity contribution in [3.63, 3.8) is 0 Å². The highest BCUT2D eigenvalue weighted by Gasteiger charge is 2.11. The van der Waals surface area contributed by atoms with E-state index in [-0.39, 0.29) is 5.97 Å². The first kappa shape index (κ1) is 13.5. The van der Waals surface area contributed by atoms with Crippen molar-refractivity contribution in [2.75, 3.05) is 12.4 Å². The third kappa shape index (κ3) is 2.68. The maximum absolute atomic E-state index is 11.6. The Morgan fingerprint density at radius 3 is 2.90 bits per heavy atom. The van der Waals surface area contributed by atoms with Gasteiger partial charge < -0.3 is 10.1 Å². The van der Waals surface area contributed by atoms with E-state index in [9.17, 15) is 4.79 Å². The molecule has 21 heavy (non-hydrogen) atoms. The van der Waals surface area contributed by atoms with Gasteiger partial charge in [0.05, 0.1) is 18.2 Å². The molecule has 0 aliphatic heterocycles. The molecule has 3 rings (SSSR count). The predicted octanol–water partition coefficient (Wildman–Crippen LogP) is 3.75. The van der Waals surface area contributed by atoms with E-state index in [2.05, 4.69) is 15.5 Å². The fourth-order valence-electron chi connectivity index (χ4n) is 2.06. The van der Waals surface area contributed by atoms with Gasteiger partial charge >= 0.3 is 5.97 Å². The first-order valence-corrected chi connectivity index (χ1v) is 6.64. The van der Waals surface area contributed by atoms with E-state index in [0.717, 1.165) is 16.6 Å². The molecule has 1 aromatic heterocycles. The van der Waals surface area contributed by atoms with E-state index in [1.165, 1.54) is 7.11 Å². The van der Waals surface area contributed by atoms with Gasteiger partial charge in [-0.2, -0.15) is 5.10 Å². The SMILES string of the molecule is COC(=O)c1ccc2[nH]nc(Nc3cccc(Cl)c3)c2c1. The lowest BCUT2D eigenvalue weighted by Gasteiger charge is -2.04. The molecule has 0 saturated heterocycles. The lowest BCUT2D eigenvalue weighted by Crippen LogP contribution is -2.00. The lowest BCUT2D eigenvalue weighted by atomic mass is 10.1. The largest absolute Gasteiger partial charge is 0.465 e. The first-order valence-electron chi connectivity index (χ1n) is 6.26. The third-order valence-electron chi connectivity index (χ3n) is 3.07. The Balaban J connectivity index is 2.00. The summed E-state index contributed by atoms with van der Waals surface area (Å²) in [7, 11) is 1.35. The topological polar surface area (TPSA) is 67.0 Å². The van der Waals surface area contributed by atoms with Crippen LogP contribution in [0.25, 0.3) is 10.9 Å². The standard InChI is InChI=1S/C15H12ClN3O2/c1-21-15(20)9-5-6-13-12(7-9)14(19-18-13)17-11-4-2-3-10(16)8-11/h2-8H,1H3,(H2,17,18,19). The molecule has 0 saturated carbocycles. The zero-order chi connectivity index (χ0) is 14.8. The van der Waals surface area contributed by atoms with Crippen molar-refractivity contribution in [1.29, 1.82) is 0 Å². The van der Waals surface area contributed by atoms with E-state index < -0.39 is 0 Å². The number of fused-ring (bicyclic) bond motifs is 1. The summed E-state index contributed by atoms with van der Waals surface area (Å²) in [6.07, 6.45) is 0. The molecule has 0 radical (unpaired) electrons. The first-order chi connectivity index (χ1) is 10.2. The Labute approximate surface area is 125 Å². The van der Waals surface area contributed by atoms with Gasteiger partial charge in [-0.1, -0.05) is 17.7 Å². The molecule has 5 nitrogen and oxygen atoms in total. The average Bonchev–Trinajstić information content (AvgIpc) is 2.89. The zero-order valence-corrected chi connectivity index (χ0v) is 11.9. The van der Waals surface area contributed by atoms with Crippen molar-refractivity contribution in [2.45, 2.75) is 0 Å². The summed E-state index contributed by atoms with van der Waals surface area (Å²) in [5, 5.41) is 11.7. The van der Waals surface area contributed by atoms with Crippen LogP contribution < -0.4 is 5.32 Å². The number of halogens is 1. The van der Waals surface area contributed by atoms with Gasteiger partial charge in [-0.15, -0.1) is 0 Å². The lowest BCUT2D eigenvalue weighted by molar-refractivity contribution is 0.0601. The van der Waals surface area contributed by atoms with Crippen molar-refractivity contribution < 1.29 is 9.53 Å². The minimum Gasteiger partial charge on any atom is -0.465 e. The number of H-pyrrole nitrogens is 1. The van der Waals surface area contributed by atoms with Crippen LogP contribution in [0, 0.1) is 0 Å². The van der Waals surface area contributed by atoms with E-state index in [4.69, 9.17) is 16.3 Å². The zero-order valence-electron chi connectivity index (χ0n) is 11.2. The second kappa shape index (κ2) is 5.46. The summed E-state index contributed by atoms with van der Waals surface area (Å²) in [5.74, 6) is 0.241. The van der Waals surface area contributed by atoms with Crippen LogP contribution >= 0.6 is 11.6 Å². The molecular weight excluding hydrogens is 290 g/mol. The Hall–Kier alpha value is -2.53. The molecule has 106 valence electrons. The number of aromatic nitrogens is 2. The van der Waals surface area contributed by atoms with Crippen LogP contribution in [-0.2, 0) is 4.74 Å². The van der Waals surface area contributed by atoms with Gasteiger partial charge in [0.1, 0.15) is 0 Å². The van der Waals surface area contributed by atoms with Gasteiger partial charge in [0.15, 0.2) is 5.82 Å². The van der Waals surface area contributed by atoms with Gasteiger partial charge in [0, 0.05) is 16.1 Å². The number of benzene rings is 2. The highest BCUT2D eigenvalue weighted by atomic mass is 35.5. The Bertz CT molecular complexity index is 814. The Kier molecular flexibility index (Phi) is 3.50. The van der Waals surface area contributed by atoms with Crippen LogP contribution in [0.1, 0.15) is 10.4 Å². The quantitative estimate of drug-likeness (QED) is 0.723. The third-order valence-corrected chi connectivity index (χ3v) is 3.31. The maximum Gasteiger partial charge on any atom is 0.337 e. The van der Waals surface area contributed by atoms with Crippen LogP contribution in [0.4, 0.5) is 11.5 Å². The highest BCUT2D eigenvalue weighted by molar-refractivity contribution is 6.30. The van der Waals surface area contributed by atoms with Crippen molar-refractivity contribution in [3.8, 4) is 0 Å². The number of methoxy groups -OCH3 is 1. The molecule has 6 heteroatoms. The Morgan fingerprint density at radius 2 is 2.14 bits per heavy atom. The number of nitrogens with zero attached hydrogens (tertiary/aromatic N) is 1. The van der Waals surface area contributed by atoms with Gasteiger partial charge in [-0.05, 0) is 36.4 Å². The van der Waals surface area contributed by atoms with E-state index in [1.54, 1.807) is 30.3 Å². The smallest absolute Gasteiger partial charge is 0.337 e. The molecule has 0 bridgehead atoms. The fraction of sp³-hybridized carbons (Fsp3) is 0.0667. The molecule has 3 aromatic rings. The van der Waals surface area contributed by atoms with Crippen LogP contribution in [0.15, 0.2) is 42.5 Å². The number of ether oxygens (including phenoxy) is 1. The van der Waals surface area contributed by atoms with E-state index in [1.807, 2.05) is 12.1 Å². The molecule has 0 atom stereocenters. The van der Waals surface area contributed by atoms with Gasteiger partial charge in [0.2, 0.25) is 0 Å². The van der Waals surface area contributed by atoms with Crippen LogP contribution in [0.5, 0.6) is 0 Å². The monoisotopic (exact) mass is 301 g/mol. The van der Waals surface area contributed by atoms with Crippen LogP contribution in [0.2, 0.25) is 5.02 Å². The number of hydrogen-bond acceptors (Lipinski definition) is 4. The number of hydrogen-bond donors (Lipinski definition) is 2. The molecule has 2 N–H and O–H groups in total. The number of rotatable bonds is 3.